The first-order valence-corrected chi connectivity index (χ1v) is 6.84. The molecule has 23 heavy (non-hydrogen) atoms. The molecule has 0 spiro atoms. The van der Waals surface area contributed by atoms with E-state index >= 15 is 0 Å². The second kappa shape index (κ2) is 8.66. The minimum absolute atomic E-state index is 0.110. The number of nitrogens with zero attached hydrogens (tertiary/aromatic N) is 1. The van der Waals surface area contributed by atoms with Crippen molar-refractivity contribution < 1.29 is 35.4 Å². The summed E-state index contributed by atoms with van der Waals surface area (Å²) in [7, 11) is 1.31. The number of nitrogens with one attached hydrogen (secondary N) is 1. The van der Waals surface area contributed by atoms with Gasteiger partial charge in [-0.05, 0) is 6.07 Å². The van der Waals surface area contributed by atoms with Gasteiger partial charge in [-0.25, -0.2) is 0 Å². The Balaban J connectivity index is 2.79. The highest BCUT2D eigenvalue weighted by Crippen LogP contribution is 2.29. The van der Waals surface area contributed by atoms with Crippen LogP contribution in [0.5, 0.6) is 5.75 Å². The minimum Gasteiger partial charge on any atom is -0.544 e. The highest BCUT2D eigenvalue weighted by atomic mass is 16.6. The number of ether oxygens (including phenoxy) is 1. The molecule has 10 nitrogen and oxygen atoms in total. The fourth-order valence-corrected chi connectivity index (χ4v) is 1.88. The number of nitro groups is 1. The molecule has 0 aromatic heterocycles. The second-order valence-electron chi connectivity index (χ2n) is 4.70. The standard InChI is InChI=1S/C13H18N4O6/c1-23-11-6-8(17(21)22)2-3-9(11)16-12(18)7-10(13(19)20)15-5-4-14/h2-3,6,10,15H,4-5,7,14H2,1H3,(H,16,18)(H,19,20)/p+1/t10-/m0/s1. The van der Waals surface area contributed by atoms with E-state index in [1.54, 1.807) is 0 Å². The fourth-order valence-electron chi connectivity index (χ4n) is 1.88. The number of nitro benzene ring substituents is 1. The number of carboxylic acid groups (broad SMARTS) is 1. The van der Waals surface area contributed by atoms with Crippen LogP contribution >= 0.6 is 0 Å². The molecule has 0 aliphatic rings. The molecule has 0 radical (unpaired) electrons. The molecule has 1 rings (SSSR count). The van der Waals surface area contributed by atoms with Gasteiger partial charge >= 0.3 is 0 Å². The number of hydrogen-bond donors (Lipinski definition) is 3. The van der Waals surface area contributed by atoms with E-state index < -0.39 is 22.8 Å². The first-order chi connectivity index (χ1) is 10.9. The quantitative estimate of drug-likeness (QED) is 0.320. The van der Waals surface area contributed by atoms with Gasteiger partial charge in [-0.2, -0.15) is 0 Å². The summed E-state index contributed by atoms with van der Waals surface area (Å²) in [5.74, 6) is -1.80. The van der Waals surface area contributed by atoms with E-state index in [0.29, 0.717) is 13.1 Å². The molecule has 0 saturated heterocycles. The monoisotopic (exact) mass is 327 g/mol. The van der Waals surface area contributed by atoms with Crippen molar-refractivity contribution in [1.29, 1.82) is 0 Å². The number of aliphatic carboxylic acids is 1. The number of hydrogen-bond acceptors (Lipinski definition) is 6. The predicted molar refractivity (Wildman–Crippen MR) is 76.2 cm³/mol. The van der Waals surface area contributed by atoms with Gasteiger partial charge in [0.15, 0.2) is 0 Å². The average Bonchev–Trinajstić information content (AvgIpc) is 2.51. The minimum atomic E-state index is -1.34. The maximum absolute atomic E-state index is 12.0. The summed E-state index contributed by atoms with van der Waals surface area (Å²) in [5, 5.41) is 25.6. The average molecular weight is 327 g/mol. The molecule has 1 amide bonds. The van der Waals surface area contributed by atoms with Crippen LogP contribution in [0.25, 0.3) is 0 Å². The van der Waals surface area contributed by atoms with E-state index in [4.69, 9.17) is 4.74 Å². The zero-order valence-electron chi connectivity index (χ0n) is 12.6. The van der Waals surface area contributed by atoms with Crippen LogP contribution in [-0.2, 0) is 9.59 Å². The van der Waals surface area contributed by atoms with Crippen LogP contribution in [0.3, 0.4) is 0 Å². The SMILES string of the molecule is COc1cc([N+](=O)[O-])ccc1NC(=O)C[C@H]([NH2+]CC[NH3+])C(=O)[O-]. The van der Waals surface area contributed by atoms with Crippen LogP contribution in [0, 0.1) is 10.1 Å². The number of nitrogens with two attached hydrogens (primary N) is 1. The van der Waals surface area contributed by atoms with Gasteiger partial charge in [-0.3, -0.25) is 14.9 Å². The van der Waals surface area contributed by atoms with Gasteiger partial charge in [0.1, 0.15) is 24.9 Å². The van der Waals surface area contributed by atoms with Crippen molar-refractivity contribution in [3.63, 3.8) is 0 Å². The zero-order chi connectivity index (χ0) is 17.4. The van der Waals surface area contributed by atoms with E-state index in [1.165, 1.54) is 30.6 Å². The Morgan fingerprint density at radius 2 is 2.17 bits per heavy atom. The van der Waals surface area contributed by atoms with Gasteiger partial charge in [0.25, 0.3) is 5.69 Å². The Hall–Kier alpha value is -2.72. The van der Waals surface area contributed by atoms with Crippen molar-refractivity contribution in [1.82, 2.24) is 0 Å². The van der Waals surface area contributed by atoms with Crippen molar-refractivity contribution >= 4 is 23.3 Å². The summed E-state index contributed by atoms with van der Waals surface area (Å²) >= 11 is 0. The van der Waals surface area contributed by atoms with Crippen LogP contribution in [-0.4, -0.2) is 43.0 Å². The zero-order valence-corrected chi connectivity index (χ0v) is 12.6. The third kappa shape index (κ3) is 5.52. The molecule has 1 atom stereocenters. The molecule has 0 bridgehead atoms. The molecule has 0 fully saturated rings. The largest absolute Gasteiger partial charge is 0.544 e. The highest BCUT2D eigenvalue weighted by Gasteiger charge is 2.20. The number of carbonyl (C=O) groups excluding carboxylic acids is 2. The lowest BCUT2D eigenvalue weighted by atomic mass is 10.2. The first kappa shape index (κ1) is 18.3. The maximum atomic E-state index is 12.0. The van der Waals surface area contributed by atoms with Crippen molar-refractivity contribution in [3.8, 4) is 5.75 Å². The van der Waals surface area contributed by atoms with E-state index in [-0.39, 0.29) is 23.5 Å². The van der Waals surface area contributed by atoms with Crippen LogP contribution in [0.2, 0.25) is 0 Å². The number of benzene rings is 1. The second-order valence-corrected chi connectivity index (χ2v) is 4.70. The lowest BCUT2D eigenvalue weighted by Gasteiger charge is -2.16. The molecule has 6 N–H and O–H groups in total. The van der Waals surface area contributed by atoms with Crippen molar-refractivity contribution in [2.24, 2.45) is 0 Å². The van der Waals surface area contributed by atoms with Crippen LogP contribution in [0.15, 0.2) is 18.2 Å². The molecular formula is C13H19N4O6+. The Morgan fingerprint density at radius 1 is 1.48 bits per heavy atom. The van der Waals surface area contributed by atoms with Gasteiger partial charge < -0.3 is 31.0 Å². The van der Waals surface area contributed by atoms with E-state index in [1.807, 2.05) is 0 Å². The number of anilines is 1. The summed E-state index contributed by atoms with van der Waals surface area (Å²) < 4.78 is 4.99. The van der Waals surface area contributed by atoms with Gasteiger partial charge in [0, 0.05) is 6.07 Å². The van der Waals surface area contributed by atoms with Crippen molar-refractivity contribution in [2.75, 3.05) is 25.5 Å². The van der Waals surface area contributed by atoms with Gasteiger partial charge in [0.2, 0.25) is 5.91 Å². The van der Waals surface area contributed by atoms with Crippen LogP contribution in [0.4, 0.5) is 11.4 Å². The Morgan fingerprint density at radius 3 is 2.70 bits per heavy atom. The third-order valence-electron chi connectivity index (χ3n) is 3.03. The number of carboxylic acids is 1. The Labute approximate surface area is 131 Å². The Kier molecular flexibility index (Phi) is 6.90. The molecule has 1 aromatic rings. The van der Waals surface area contributed by atoms with Crippen LogP contribution < -0.4 is 26.2 Å². The first-order valence-electron chi connectivity index (χ1n) is 6.84. The lowest BCUT2D eigenvalue weighted by molar-refractivity contribution is -0.695. The summed E-state index contributed by atoms with van der Waals surface area (Å²) in [4.78, 5) is 33.1. The summed E-state index contributed by atoms with van der Waals surface area (Å²) in [6.45, 7) is 0.967. The molecule has 0 aliphatic carbocycles. The highest BCUT2D eigenvalue weighted by molar-refractivity contribution is 5.94. The summed E-state index contributed by atoms with van der Waals surface area (Å²) in [6, 6.07) is 2.67. The smallest absolute Gasteiger partial charge is 0.273 e. The fraction of sp³-hybridized carbons (Fsp3) is 0.385. The normalized spacial score (nSPS) is 11.6. The molecule has 1 aromatic carbocycles. The molecule has 126 valence electrons. The lowest BCUT2D eigenvalue weighted by Crippen LogP contribution is -2.95. The number of non-ortho nitro benzene ring substituents is 1. The van der Waals surface area contributed by atoms with Crippen LogP contribution in [0.1, 0.15) is 6.42 Å². The maximum Gasteiger partial charge on any atom is 0.273 e. The predicted octanol–water partition coefficient (Wildman–Crippen LogP) is -3.14. The Bertz CT molecular complexity index is 592. The molecule has 0 heterocycles. The third-order valence-corrected chi connectivity index (χ3v) is 3.03. The molecule has 0 unspecified atom stereocenters. The van der Waals surface area contributed by atoms with Gasteiger partial charge in [0.05, 0.1) is 36.2 Å². The summed E-state index contributed by atoms with van der Waals surface area (Å²) in [5.41, 5.74) is 3.63. The van der Waals surface area contributed by atoms with Gasteiger partial charge in [-0.1, -0.05) is 0 Å². The molecule has 0 aliphatic heterocycles. The number of rotatable bonds is 9. The number of carbonyl (C=O) groups is 2. The number of quaternary nitrogens is 2. The molecule has 0 saturated carbocycles. The van der Waals surface area contributed by atoms with Crippen molar-refractivity contribution in [3.05, 3.63) is 28.3 Å². The number of amides is 1. The molecular weight excluding hydrogens is 308 g/mol. The van der Waals surface area contributed by atoms with E-state index in [2.05, 4.69) is 11.1 Å². The van der Waals surface area contributed by atoms with Gasteiger partial charge in [-0.15, -0.1) is 0 Å². The number of methoxy groups -OCH3 is 1. The van der Waals surface area contributed by atoms with E-state index in [0.717, 1.165) is 0 Å². The van der Waals surface area contributed by atoms with Crippen molar-refractivity contribution in [2.45, 2.75) is 12.5 Å². The van der Waals surface area contributed by atoms with E-state index in [9.17, 15) is 24.8 Å². The summed E-state index contributed by atoms with van der Waals surface area (Å²) in [6.07, 6.45) is -0.303. The molecule has 10 heteroatoms. The topological polar surface area (TPSA) is 166 Å².